The van der Waals surface area contributed by atoms with Gasteiger partial charge in [-0.1, -0.05) is 24.3 Å². The van der Waals surface area contributed by atoms with Gasteiger partial charge in [0.2, 0.25) is 5.96 Å². The summed E-state index contributed by atoms with van der Waals surface area (Å²) in [6.45, 7) is 2.28. The number of fused-ring (bicyclic) bond motifs is 1. The third kappa shape index (κ3) is 2.93. The van der Waals surface area contributed by atoms with Gasteiger partial charge in [0.15, 0.2) is 0 Å². The Morgan fingerprint density at radius 2 is 1.56 bits per heavy atom. The van der Waals surface area contributed by atoms with Crippen molar-refractivity contribution in [3.8, 4) is 0 Å². The van der Waals surface area contributed by atoms with Gasteiger partial charge in [0, 0.05) is 26.2 Å². The second-order valence-electron chi connectivity index (χ2n) is 5.94. The molecule has 1 N–H and O–H groups in total. The quantitative estimate of drug-likeness (QED) is 0.844. The number of nitrogens with zero attached hydrogens (tertiary/aromatic N) is 3. The smallest absolute Gasteiger partial charge is 0.287 e. The first-order valence-electron chi connectivity index (χ1n) is 8.00. The Morgan fingerprint density at radius 3 is 2.32 bits per heavy atom. The number of guanidine groups is 1. The Balaban J connectivity index is 1.52. The summed E-state index contributed by atoms with van der Waals surface area (Å²) in [4.78, 5) is 4.02. The van der Waals surface area contributed by atoms with Gasteiger partial charge in [0.25, 0.3) is 10.0 Å². The van der Waals surface area contributed by atoms with Crippen molar-refractivity contribution in [2.75, 3.05) is 36.4 Å². The van der Waals surface area contributed by atoms with Gasteiger partial charge in [-0.2, -0.15) is 8.42 Å². The molecule has 2 aliphatic rings. The fourth-order valence-electron chi connectivity index (χ4n) is 3.11. The van der Waals surface area contributed by atoms with Crippen LogP contribution in [-0.4, -0.2) is 45.5 Å². The summed E-state index contributed by atoms with van der Waals surface area (Å²) >= 11 is 0. The molecular weight excluding hydrogens is 343 g/mol. The maximum Gasteiger partial charge on any atom is 0.287 e. The topological polar surface area (TPSA) is 65.0 Å². The molecule has 0 aliphatic carbocycles. The van der Waals surface area contributed by atoms with Gasteiger partial charge in [-0.25, -0.2) is 4.39 Å². The number of benzene rings is 2. The lowest BCUT2D eigenvalue weighted by atomic mass is 10.2. The van der Waals surface area contributed by atoms with E-state index in [1.807, 2.05) is 9.80 Å². The van der Waals surface area contributed by atoms with Crippen LogP contribution >= 0.6 is 0 Å². The Bertz CT molecular complexity index is 937. The highest BCUT2D eigenvalue weighted by molar-refractivity contribution is 7.90. The van der Waals surface area contributed by atoms with Crippen molar-refractivity contribution < 1.29 is 12.8 Å². The van der Waals surface area contributed by atoms with Crippen LogP contribution in [0.5, 0.6) is 0 Å². The molecule has 0 unspecified atom stereocenters. The molecule has 130 valence electrons. The zero-order valence-electron chi connectivity index (χ0n) is 13.4. The summed E-state index contributed by atoms with van der Waals surface area (Å²) in [5, 5.41) is 3.09. The normalized spacial score (nSPS) is 19.0. The van der Waals surface area contributed by atoms with Gasteiger partial charge in [-0.05, 0) is 24.3 Å². The van der Waals surface area contributed by atoms with Crippen molar-refractivity contribution in [1.82, 2.24) is 4.90 Å². The average molecular weight is 360 g/mol. The Hall–Kier alpha value is -2.61. The predicted octanol–water partition coefficient (Wildman–Crippen LogP) is 2.12. The van der Waals surface area contributed by atoms with E-state index in [1.165, 1.54) is 12.1 Å². The van der Waals surface area contributed by atoms with E-state index < -0.39 is 10.0 Å². The van der Waals surface area contributed by atoms with E-state index in [0.717, 1.165) is 0 Å². The van der Waals surface area contributed by atoms with Gasteiger partial charge in [0.1, 0.15) is 10.7 Å². The molecule has 8 heteroatoms. The Kier molecular flexibility index (Phi) is 3.84. The highest BCUT2D eigenvalue weighted by Gasteiger charge is 2.29. The lowest BCUT2D eigenvalue weighted by Crippen LogP contribution is -2.51. The van der Waals surface area contributed by atoms with E-state index in [1.54, 1.807) is 36.4 Å². The van der Waals surface area contributed by atoms with Crippen molar-refractivity contribution in [3.05, 3.63) is 54.3 Å². The van der Waals surface area contributed by atoms with Crippen LogP contribution in [0.1, 0.15) is 0 Å². The summed E-state index contributed by atoms with van der Waals surface area (Å²) in [6.07, 6.45) is 0. The van der Waals surface area contributed by atoms with E-state index in [0.29, 0.717) is 43.5 Å². The molecule has 2 aliphatic heterocycles. The standard InChI is InChI=1S/C17H17FN4O2S/c18-13-5-1-3-7-15(13)21-9-11-22(12-10-21)17-19-14-6-2-4-8-16(14)25(23,24)20-17/h1-8H,9-12H2,(H,19,20). The van der Waals surface area contributed by atoms with Gasteiger partial charge in [-0.3, -0.25) is 0 Å². The van der Waals surface area contributed by atoms with Crippen molar-refractivity contribution in [3.63, 3.8) is 0 Å². The van der Waals surface area contributed by atoms with E-state index >= 15 is 0 Å². The molecule has 0 spiro atoms. The SMILES string of the molecule is O=S1(=O)N=C(N2CCN(c3ccccc3F)CC2)Nc2ccccc21. The third-order valence-corrected chi connectivity index (χ3v) is 5.72. The lowest BCUT2D eigenvalue weighted by Gasteiger charge is -2.38. The van der Waals surface area contributed by atoms with Crippen molar-refractivity contribution in [2.24, 2.45) is 4.40 Å². The molecule has 0 radical (unpaired) electrons. The number of halogens is 1. The number of anilines is 2. The maximum absolute atomic E-state index is 13.9. The monoisotopic (exact) mass is 360 g/mol. The minimum absolute atomic E-state index is 0.184. The highest BCUT2D eigenvalue weighted by Crippen LogP contribution is 2.28. The van der Waals surface area contributed by atoms with E-state index in [-0.39, 0.29) is 10.7 Å². The first-order valence-corrected chi connectivity index (χ1v) is 9.44. The van der Waals surface area contributed by atoms with Gasteiger partial charge < -0.3 is 15.1 Å². The zero-order valence-corrected chi connectivity index (χ0v) is 14.2. The first kappa shape index (κ1) is 15.9. The van der Waals surface area contributed by atoms with Crippen molar-refractivity contribution in [2.45, 2.75) is 4.90 Å². The predicted molar refractivity (Wildman–Crippen MR) is 94.9 cm³/mol. The van der Waals surface area contributed by atoms with Crippen LogP contribution in [-0.2, 0) is 10.0 Å². The summed E-state index contributed by atoms with van der Waals surface area (Å²) in [5.41, 5.74) is 1.10. The molecule has 6 nitrogen and oxygen atoms in total. The molecule has 1 fully saturated rings. The van der Waals surface area contributed by atoms with Crippen LogP contribution in [0, 0.1) is 5.82 Å². The molecular formula is C17H17FN4O2S. The second kappa shape index (κ2) is 6.03. The molecule has 0 bridgehead atoms. The van der Waals surface area contributed by atoms with Crippen LogP contribution in [0.2, 0.25) is 0 Å². The molecule has 2 heterocycles. The largest absolute Gasteiger partial charge is 0.366 e. The molecule has 0 amide bonds. The minimum Gasteiger partial charge on any atom is -0.366 e. The summed E-state index contributed by atoms with van der Waals surface area (Å²) in [5.74, 6) is 0.0764. The number of nitrogens with one attached hydrogen (secondary N) is 1. The van der Waals surface area contributed by atoms with Crippen LogP contribution in [0.3, 0.4) is 0 Å². The van der Waals surface area contributed by atoms with Crippen molar-refractivity contribution >= 4 is 27.4 Å². The zero-order chi connectivity index (χ0) is 17.4. The van der Waals surface area contributed by atoms with Crippen LogP contribution < -0.4 is 10.2 Å². The van der Waals surface area contributed by atoms with Gasteiger partial charge in [0.05, 0.1) is 11.4 Å². The molecule has 1 saturated heterocycles. The number of rotatable bonds is 1. The van der Waals surface area contributed by atoms with E-state index in [4.69, 9.17) is 0 Å². The molecule has 2 aromatic carbocycles. The molecule has 0 saturated carbocycles. The summed E-state index contributed by atoms with van der Waals surface area (Å²) in [6, 6.07) is 13.4. The first-order chi connectivity index (χ1) is 12.0. The average Bonchev–Trinajstić information content (AvgIpc) is 2.62. The van der Waals surface area contributed by atoms with Gasteiger partial charge >= 0.3 is 0 Å². The van der Waals surface area contributed by atoms with Crippen LogP contribution in [0.4, 0.5) is 15.8 Å². The highest BCUT2D eigenvalue weighted by atomic mass is 32.2. The number of para-hydroxylation sites is 2. The van der Waals surface area contributed by atoms with E-state index in [2.05, 4.69) is 9.71 Å². The van der Waals surface area contributed by atoms with Crippen LogP contribution in [0.15, 0.2) is 57.8 Å². The molecule has 25 heavy (non-hydrogen) atoms. The number of hydrogen-bond acceptors (Lipinski definition) is 5. The fraction of sp³-hybridized carbons (Fsp3) is 0.235. The Morgan fingerprint density at radius 1 is 0.920 bits per heavy atom. The number of hydrogen-bond donors (Lipinski definition) is 1. The van der Waals surface area contributed by atoms with E-state index in [9.17, 15) is 12.8 Å². The number of sulfonamides is 1. The van der Waals surface area contributed by atoms with Crippen LogP contribution in [0.25, 0.3) is 0 Å². The number of piperazine rings is 1. The third-order valence-electron chi connectivity index (χ3n) is 4.39. The van der Waals surface area contributed by atoms with Gasteiger partial charge in [-0.15, -0.1) is 4.40 Å². The minimum atomic E-state index is -3.70. The molecule has 0 atom stereocenters. The lowest BCUT2D eigenvalue weighted by molar-refractivity contribution is 0.383. The second-order valence-corrected chi connectivity index (χ2v) is 7.51. The summed E-state index contributed by atoms with van der Waals surface area (Å²) in [7, 11) is -3.70. The summed E-state index contributed by atoms with van der Waals surface area (Å²) < 4.78 is 42.5. The molecule has 2 aromatic rings. The Labute approximate surface area is 145 Å². The fourth-order valence-corrected chi connectivity index (χ4v) is 4.24. The molecule has 4 rings (SSSR count). The molecule has 0 aromatic heterocycles. The maximum atomic E-state index is 13.9. The van der Waals surface area contributed by atoms with Crippen molar-refractivity contribution in [1.29, 1.82) is 0 Å².